The maximum Gasteiger partial charge on any atom is 0.235 e. The lowest BCUT2D eigenvalue weighted by Crippen LogP contribution is -2.25. The van der Waals surface area contributed by atoms with Gasteiger partial charge in [-0.05, 0) is 30.0 Å². The lowest BCUT2D eigenvalue weighted by Gasteiger charge is -2.21. The number of benzene rings is 1. The zero-order chi connectivity index (χ0) is 11.4. The van der Waals surface area contributed by atoms with Gasteiger partial charge in [0.25, 0.3) is 0 Å². The molecule has 0 aromatic heterocycles. The Kier molecular flexibility index (Phi) is 3.67. The van der Waals surface area contributed by atoms with Gasteiger partial charge in [-0.15, -0.1) is 11.6 Å². The number of carbonyl (C=O) groups is 1. The predicted octanol–water partition coefficient (Wildman–Crippen LogP) is 1.90. The van der Waals surface area contributed by atoms with E-state index in [2.05, 4.69) is 22.8 Å². The minimum absolute atomic E-state index is 0.0211. The van der Waals surface area contributed by atoms with Crippen LogP contribution in [-0.2, 0) is 17.8 Å². The predicted molar refractivity (Wildman–Crippen MR) is 65.8 cm³/mol. The number of halogens is 1. The molecule has 1 aliphatic rings. The highest BCUT2D eigenvalue weighted by Crippen LogP contribution is 2.25. The van der Waals surface area contributed by atoms with Gasteiger partial charge in [-0.1, -0.05) is 12.1 Å². The van der Waals surface area contributed by atoms with E-state index in [-0.39, 0.29) is 11.8 Å². The topological polar surface area (TPSA) is 41.1 Å². The number of carbonyl (C=O) groups excluding carboxylic acids is 1. The van der Waals surface area contributed by atoms with Crippen LogP contribution in [0.25, 0.3) is 0 Å². The zero-order valence-electron chi connectivity index (χ0n) is 9.05. The van der Waals surface area contributed by atoms with E-state index >= 15 is 0 Å². The molecule has 1 aromatic carbocycles. The fourth-order valence-corrected chi connectivity index (χ4v) is 2.08. The molecule has 2 N–H and O–H groups in total. The molecular formula is C12H15ClN2O. The van der Waals surface area contributed by atoms with Crippen LogP contribution >= 0.6 is 11.6 Å². The van der Waals surface area contributed by atoms with E-state index in [0.29, 0.717) is 6.54 Å². The summed E-state index contributed by atoms with van der Waals surface area (Å²) in [6.07, 6.45) is 2.22. The van der Waals surface area contributed by atoms with Gasteiger partial charge >= 0.3 is 0 Å². The number of hydrogen-bond acceptors (Lipinski definition) is 2. The SMILES string of the molecule is O=C(CCl)NCc1cccc2c1CCCN2. The highest BCUT2D eigenvalue weighted by atomic mass is 35.5. The van der Waals surface area contributed by atoms with Gasteiger partial charge in [-0.2, -0.15) is 0 Å². The van der Waals surface area contributed by atoms with E-state index in [0.717, 1.165) is 19.4 Å². The summed E-state index contributed by atoms with van der Waals surface area (Å²) in [6.45, 7) is 1.60. The molecule has 1 amide bonds. The summed E-state index contributed by atoms with van der Waals surface area (Å²) in [7, 11) is 0. The van der Waals surface area contributed by atoms with Gasteiger partial charge in [0.2, 0.25) is 5.91 Å². The molecule has 1 heterocycles. The first-order valence-electron chi connectivity index (χ1n) is 5.48. The van der Waals surface area contributed by atoms with E-state index in [1.807, 2.05) is 6.07 Å². The van der Waals surface area contributed by atoms with Crippen LogP contribution in [-0.4, -0.2) is 18.3 Å². The third kappa shape index (κ3) is 2.47. The third-order valence-electron chi connectivity index (χ3n) is 2.79. The second kappa shape index (κ2) is 5.21. The molecule has 1 aliphatic heterocycles. The van der Waals surface area contributed by atoms with Crippen molar-refractivity contribution in [2.24, 2.45) is 0 Å². The molecule has 0 aliphatic carbocycles. The van der Waals surface area contributed by atoms with Gasteiger partial charge in [0.1, 0.15) is 5.88 Å². The van der Waals surface area contributed by atoms with Gasteiger partial charge in [0.05, 0.1) is 0 Å². The molecular weight excluding hydrogens is 224 g/mol. The van der Waals surface area contributed by atoms with Gasteiger partial charge in [0.15, 0.2) is 0 Å². The average Bonchev–Trinajstić information content (AvgIpc) is 2.35. The molecule has 2 rings (SSSR count). The molecule has 0 saturated carbocycles. The van der Waals surface area contributed by atoms with Crippen LogP contribution in [0.15, 0.2) is 18.2 Å². The van der Waals surface area contributed by atoms with Crippen molar-refractivity contribution in [3.63, 3.8) is 0 Å². The lowest BCUT2D eigenvalue weighted by molar-refractivity contribution is -0.118. The number of anilines is 1. The van der Waals surface area contributed by atoms with Crippen LogP contribution < -0.4 is 10.6 Å². The van der Waals surface area contributed by atoms with E-state index < -0.39 is 0 Å². The Morgan fingerprint density at radius 2 is 2.38 bits per heavy atom. The Labute approximate surface area is 100 Å². The minimum Gasteiger partial charge on any atom is -0.385 e. The van der Waals surface area contributed by atoms with Crippen LogP contribution in [0.5, 0.6) is 0 Å². The minimum atomic E-state index is -0.122. The Balaban J connectivity index is 2.11. The number of alkyl halides is 1. The van der Waals surface area contributed by atoms with E-state index in [1.165, 1.54) is 16.8 Å². The molecule has 3 nitrogen and oxygen atoms in total. The number of amides is 1. The van der Waals surface area contributed by atoms with Crippen LogP contribution in [0, 0.1) is 0 Å². The molecule has 4 heteroatoms. The third-order valence-corrected chi connectivity index (χ3v) is 3.03. The summed E-state index contributed by atoms with van der Waals surface area (Å²) in [5, 5.41) is 6.17. The average molecular weight is 239 g/mol. The first-order valence-corrected chi connectivity index (χ1v) is 6.02. The highest BCUT2D eigenvalue weighted by Gasteiger charge is 2.12. The fraction of sp³-hybridized carbons (Fsp3) is 0.417. The molecule has 0 fully saturated rings. The molecule has 86 valence electrons. The largest absolute Gasteiger partial charge is 0.385 e. The molecule has 16 heavy (non-hydrogen) atoms. The Morgan fingerprint density at radius 3 is 3.19 bits per heavy atom. The van der Waals surface area contributed by atoms with Crippen LogP contribution in [0.2, 0.25) is 0 Å². The Bertz CT molecular complexity index is 393. The van der Waals surface area contributed by atoms with Crippen molar-refractivity contribution < 1.29 is 4.79 Å². The van der Waals surface area contributed by atoms with E-state index in [9.17, 15) is 4.79 Å². The normalized spacial score (nSPS) is 13.8. The van der Waals surface area contributed by atoms with Crippen molar-refractivity contribution in [3.8, 4) is 0 Å². The Hall–Kier alpha value is -1.22. The Morgan fingerprint density at radius 1 is 1.50 bits per heavy atom. The zero-order valence-corrected chi connectivity index (χ0v) is 9.81. The van der Waals surface area contributed by atoms with E-state index in [4.69, 9.17) is 11.6 Å². The molecule has 0 spiro atoms. The van der Waals surface area contributed by atoms with Gasteiger partial charge in [-0.25, -0.2) is 0 Å². The molecule has 1 aromatic rings. The van der Waals surface area contributed by atoms with E-state index in [1.54, 1.807) is 0 Å². The molecule has 0 radical (unpaired) electrons. The van der Waals surface area contributed by atoms with Crippen molar-refractivity contribution in [2.45, 2.75) is 19.4 Å². The molecule has 0 atom stereocenters. The first kappa shape index (κ1) is 11.3. The first-order chi connectivity index (χ1) is 7.81. The summed E-state index contributed by atoms with van der Waals surface area (Å²) in [5.74, 6) is -0.101. The van der Waals surface area contributed by atoms with Crippen LogP contribution in [0.3, 0.4) is 0 Å². The summed E-state index contributed by atoms with van der Waals surface area (Å²) in [4.78, 5) is 11.1. The lowest BCUT2D eigenvalue weighted by atomic mass is 9.97. The van der Waals surface area contributed by atoms with Crippen molar-refractivity contribution in [1.29, 1.82) is 0 Å². The van der Waals surface area contributed by atoms with Crippen LogP contribution in [0.4, 0.5) is 5.69 Å². The quantitative estimate of drug-likeness (QED) is 0.790. The van der Waals surface area contributed by atoms with Crippen molar-refractivity contribution in [1.82, 2.24) is 5.32 Å². The summed E-state index contributed by atoms with van der Waals surface area (Å²) >= 11 is 5.44. The molecule has 0 bridgehead atoms. The maximum absolute atomic E-state index is 11.1. The second-order valence-electron chi connectivity index (χ2n) is 3.88. The standard InChI is InChI=1S/C12H15ClN2O/c13-7-12(16)15-8-9-3-1-5-11-10(9)4-2-6-14-11/h1,3,5,14H,2,4,6-8H2,(H,15,16). The number of nitrogens with one attached hydrogen (secondary N) is 2. The molecule has 0 unspecified atom stereocenters. The smallest absolute Gasteiger partial charge is 0.235 e. The molecule has 0 saturated heterocycles. The van der Waals surface area contributed by atoms with Crippen molar-refractivity contribution in [2.75, 3.05) is 17.7 Å². The highest BCUT2D eigenvalue weighted by molar-refractivity contribution is 6.27. The van der Waals surface area contributed by atoms with Gasteiger partial charge < -0.3 is 10.6 Å². The monoisotopic (exact) mass is 238 g/mol. The van der Waals surface area contributed by atoms with Crippen molar-refractivity contribution >= 4 is 23.2 Å². The summed E-state index contributed by atoms with van der Waals surface area (Å²) in [5.41, 5.74) is 3.70. The number of rotatable bonds is 3. The number of hydrogen-bond donors (Lipinski definition) is 2. The van der Waals surface area contributed by atoms with Gasteiger partial charge in [0, 0.05) is 18.8 Å². The van der Waals surface area contributed by atoms with Gasteiger partial charge in [-0.3, -0.25) is 4.79 Å². The maximum atomic E-state index is 11.1. The number of fused-ring (bicyclic) bond motifs is 1. The summed E-state index contributed by atoms with van der Waals surface area (Å²) < 4.78 is 0. The van der Waals surface area contributed by atoms with Crippen molar-refractivity contribution in [3.05, 3.63) is 29.3 Å². The second-order valence-corrected chi connectivity index (χ2v) is 4.15. The fourth-order valence-electron chi connectivity index (χ4n) is 1.99. The van der Waals surface area contributed by atoms with Crippen LogP contribution in [0.1, 0.15) is 17.5 Å². The summed E-state index contributed by atoms with van der Waals surface area (Å²) in [6, 6.07) is 6.15.